The molecule has 7 nitrogen and oxygen atoms in total. The van der Waals surface area contributed by atoms with Gasteiger partial charge in [-0.2, -0.15) is 0 Å². The number of furan rings is 1. The van der Waals surface area contributed by atoms with Crippen LogP contribution in [0.15, 0.2) is 74.4 Å². The number of benzene rings is 2. The number of methoxy groups -OCH3 is 4. The summed E-state index contributed by atoms with van der Waals surface area (Å²) >= 11 is 3.26. The second-order valence-electron chi connectivity index (χ2n) is 7.51. The molecule has 4 rings (SSSR count). The fraction of sp³-hybridized carbons (Fsp3) is 0.231. The number of halogens is 1. The van der Waals surface area contributed by atoms with E-state index in [0.717, 1.165) is 16.8 Å². The molecule has 1 aliphatic heterocycles. The first kappa shape index (κ1) is 23.6. The smallest absolute Gasteiger partial charge is 0.246 e. The number of nitrogens with zero attached hydrogens (tertiary/aromatic N) is 1. The van der Waals surface area contributed by atoms with Crippen LogP contribution in [0, 0.1) is 0 Å². The second kappa shape index (κ2) is 10.2. The van der Waals surface area contributed by atoms with Gasteiger partial charge in [-0.05, 0) is 64.0 Å². The van der Waals surface area contributed by atoms with Gasteiger partial charge in [-0.1, -0.05) is 12.1 Å². The molecule has 3 aromatic rings. The van der Waals surface area contributed by atoms with Crippen molar-refractivity contribution in [1.29, 1.82) is 0 Å². The minimum atomic E-state index is -0.310. The Bertz CT molecular complexity index is 1280. The van der Waals surface area contributed by atoms with Crippen molar-refractivity contribution in [2.75, 3.05) is 28.4 Å². The summed E-state index contributed by atoms with van der Waals surface area (Å²) in [7, 11) is 6.36. The van der Waals surface area contributed by atoms with E-state index in [1.165, 1.54) is 0 Å². The van der Waals surface area contributed by atoms with Gasteiger partial charge in [0.05, 0.1) is 28.4 Å². The first-order chi connectivity index (χ1) is 16.5. The molecule has 0 saturated carbocycles. The highest BCUT2D eigenvalue weighted by Gasteiger charge is 2.28. The van der Waals surface area contributed by atoms with Crippen molar-refractivity contribution in [3.05, 3.63) is 81.9 Å². The van der Waals surface area contributed by atoms with E-state index in [-0.39, 0.29) is 23.2 Å². The topological polar surface area (TPSA) is 79.5 Å². The first-order valence-electron chi connectivity index (χ1n) is 10.5. The van der Waals surface area contributed by atoms with Crippen LogP contribution in [-0.2, 0) is 0 Å². The standard InChI is InChI=1S/C26H24BrNO6/c1-30-20-9-8-15(14-23(20)32-3)18-12-16(17-6-5-7-22(31-2)26(17)33-4)13-19(28-18)25(29)21-10-11-24(27)34-21/h5-11,13-14,16H,12H2,1-4H3. The predicted molar refractivity (Wildman–Crippen MR) is 132 cm³/mol. The van der Waals surface area contributed by atoms with E-state index < -0.39 is 0 Å². The van der Waals surface area contributed by atoms with Crippen molar-refractivity contribution in [3.8, 4) is 23.0 Å². The third-order valence-corrected chi connectivity index (χ3v) is 6.03. The number of rotatable bonds is 8. The second-order valence-corrected chi connectivity index (χ2v) is 8.29. The third kappa shape index (κ3) is 4.59. The molecule has 1 atom stereocenters. The third-order valence-electron chi connectivity index (χ3n) is 5.61. The number of hydrogen-bond donors (Lipinski definition) is 0. The Balaban J connectivity index is 1.83. The maximum absolute atomic E-state index is 13.3. The normalized spacial score (nSPS) is 15.3. The van der Waals surface area contributed by atoms with Crippen molar-refractivity contribution in [1.82, 2.24) is 0 Å². The molecule has 1 aliphatic rings. The highest BCUT2D eigenvalue weighted by Crippen LogP contribution is 2.41. The number of hydrogen-bond acceptors (Lipinski definition) is 7. The van der Waals surface area contributed by atoms with Crippen LogP contribution in [-0.4, -0.2) is 39.9 Å². The molecule has 1 aromatic heterocycles. The van der Waals surface area contributed by atoms with Crippen molar-refractivity contribution in [2.45, 2.75) is 12.3 Å². The Labute approximate surface area is 206 Å². The first-order valence-corrected chi connectivity index (χ1v) is 11.3. The van der Waals surface area contributed by atoms with Crippen LogP contribution in [0.2, 0.25) is 0 Å². The van der Waals surface area contributed by atoms with Gasteiger partial charge in [0.25, 0.3) is 0 Å². The Kier molecular flexibility index (Phi) is 7.07. The molecule has 0 aliphatic carbocycles. The van der Waals surface area contributed by atoms with E-state index in [0.29, 0.717) is 34.1 Å². The number of ketones is 1. The fourth-order valence-electron chi connectivity index (χ4n) is 3.98. The van der Waals surface area contributed by atoms with E-state index in [1.54, 1.807) is 40.6 Å². The molecule has 2 heterocycles. The zero-order valence-electron chi connectivity index (χ0n) is 19.3. The molecule has 0 fully saturated rings. The molecule has 0 spiro atoms. The van der Waals surface area contributed by atoms with Gasteiger partial charge < -0.3 is 23.4 Å². The summed E-state index contributed by atoms with van der Waals surface area (Å²) in [6, 6.07) is 14.6. The van der Waals surface area contributed by atoms with Gasteiger partial charge in [0.2, 0.25) is 5.78 Å². The SMILES string of the molecule is COc1ccc(C2=NC(C(=O)c3ccc(Br)o3)=CC(c3cccc(OC)c3OC)C2)cc1OC. The van der Waals surface area contributed by atoms with E-state index >= 15 is 0 Å². The number of para-hydroxylation sites is 1. The summed E-state index contributed by atoms with van der Waals surface area (Å²) in [5.41, 5.74) is 2.73. The lowest BCUT2D eigenvalue weighted by Gasteiger charge is -2.24. The molecule has 1 unspecified atom stereocenters. The van der Waals surface area contributed by atoms with Crippen LogP contribution in [0.5, 0.6) is 23.0 Å². The van der Waals surface area contributed by atoms with Crippen molar-refractivity contribution in [3.63, 3.8) is 0 Å². The van der Waals surface area contributed by atoms with Crippen LogP contribution >= 0.6 is 15.9 Å². The number of ether oxygens (including phenoxy) is 4. The Morgan fingerprint density at radius 1 is 0.941 bits per heavy atom. The zero-order valence-corrected chi connectivity index (χ0v) is 20.8. The van der Waals surface area contributed by atoms with Crippen LogP contribution in [0.3, 0.4) is 0 Å². The molecule has 0 radical (unpaired) electrons. The largest absolute Gasteiger partial charge is 0.493 e. The summed E-state index contributed by atoms with van der Waals surface area (Å²) < 4.78 is 28.0. The van der Waals surface area contributed by atoms with Gasteiger partial charge in [0.1, 0.15) is 5.70 Å². The van der Waals surface area contributed by atoms with Crippen molar-refractivity contribution in [2.24, 2.45) is 4.99 Å². The molecule has 8 heteroatoms. The lowest BCUT2D eigenvalue weighted by molar-refractivity contribution is 0.100. The molecule has 0 bridgehead atoms. The highest BCUT2D eigenvalue weighted by molar-refractivity contribution is 9.10. The molecule has 0 amide bonds. The molecular formula is C26H24BrNO6. The van der Waals surface area contributed by atoms with Crippen molar-refractivity contribution >= 4 is 27.4 Å². The Morgan fingerprint density at radius 2 is 1.71 bits per heavy atom. The predicted octanol–water partition coefficient (Wildman–Crippen LogP) is 5.82. The number of carbonyl (C=O) groups is 1. The van der Waals surface area contributed by atoms with Crippen LogP contribution in [0.4, 0.5) is 0 Å². The summed E-state index contributed by atoms with van der Waals surface area (Å²) in [6.45, 7) is 0. The molecule has 2 aromatic carbocycles. The number of carbonyl (C=O) groups excluding carboxylic acids is 1. The van der Waals surface area contributed by atoms with Gasteiger partial charge in [0, 0.05) is 23.6 Å². The fourth-order valence-corrected chi connectivity index (χ4v) is 4.28. The monoisotopic (exact) mass is 525 g/mol. The Hall–Kier alpha value is -3.52. The molecule has 0 N–H and O–H groups in total. The summed E-state index contributed by atoms with van der Waals surface area (Å²) in [6.07, 6.45) is 2.39. The average Bonchev–Trinajstić information content (AvgIpc) is 3.32. The van der Waals surface area contributed by atoms with Gasteiger partial charge in [-0.3, -0.25) is 4.79 Å². The van der Waals surface area contributed by atoms with Gasteiger partial charge in [-0.15, -0.1) is 0 Å². The molecule has 34 heavy (non-hydrogen) atoms. The van der Waals surface area contributed by atoms with Crippen LogP contribution < -0.4 is 18.9 Å². The average molecular weight is 526 g/mol. The Morgan fingerprint density at radius 3 is 2.35 bits per heavy atom. The molecule has 176 valence electrons. The highest BCUT2D eigenvalue weighted by atomic mass is 79.9. The molecule has 0 saturated heterocycles. The maximum Gasteiger partial charge on any atom is 0.246 e. The van der Waals surface area contributed by atoms with Gasteiger partial charge >= 0.3 is 0 Å². The quantitative estimate of drug-likeness (QED) is 0.344. The van der Waals surface area contributed by atoms with E-state index in [1.807, 2.05) is 42.5 Å². The summed E-state index contributed by atoms with van der Waals surface area (Å²) in [5.74, 6) is 2.13. The molecular weight excluding hydrogens is 502 g/mol. The summed E-state index contributed by atoms with van der Waals surface area (Å²) in [4.78, 5) is 18.0. The zero-order chi connectivity index (χ0) is 24.2. The lowest BCUT2D eigenvalue weighted by atomic mass is 9.86. The summed E-state index contributed by atoms with van der Waals surface area (Å²) in [5, 5.41) is 0. The maximum atomic E-state index is 13.3. The van der Waals surface area contributed by atoms with Crippen LogP contribution in [0.1, 0.15) is 34.0 Å². The van der Waals surface area contributed by atoms with E-state index in [2.05, 4.69) is 15.9 Å². The number of Topliss-reactive ketones (excluding diaryl/α,β-unsaturated/α-hetero) is 1. The van der Waals surface area contributed by atoms with E-state index in [4.69, 9.17) is 28.4 Å². The van der Waals surface area contributed by atoms with E-state index in [9.17, 15) is 4.79 Å². The van der Waals surface area contributed by atoms with Crippen LogP contribution in [0.25, 0.3) is 0 Å². The van der Waals surface area contributed by atoms with Gasteiger partial charge in [0.15, 0.2) is 33.4 Å². The lowest BCUT2D eigenvalue weighted by Crippen LogP contribution is -2.17. The van der Waals surface area contributed by atoms with Crippen molar-refractivity contribution < 1.29 is 28.2 Å². The minimum Gasteiger partial charge on any atom is -0.493 e. The van der Waals surface area contributed by atoms with Gasteiger partial charge in [-0.25, -0.2) is 4.99 Å². The minimum absolute atomic E-state index is 0.192. The number of aliphatic imine (C=N–C) groups is 1. The number of allylic oxidation sites excluding steroid dienone is 2.